The zero-order valence-electron chi connectivity index (χ0n) is 4.29. The van der Waals surface area contributed by atoms with Gasteiger partial charge in [-0.05, 0) is 6.08 Å². The van der Waals surface area contributed by atoms with Crippen molar-refractivity contribution in [2.45, 2.75) is 0 Å². The molecule has 1 aromatic rings. The topological polar surface area (TPSA) is 33.4 Å². The summed E-state index contributed by atoms with van der Waals surface area (Å²) < 4.78 is 4.75. The van der Waals surface area contributed by atoms with E-state index in [1.54, 1.807) is 0 Å². The van der Waals surface area contributed by atoms with E-state index < -0.39 is 0 Å². The Morgan fingerprint density at radius 1 is 1.75 bits per heavy atom. The number of aromatic hydroxyl groups is 1. The van der Waals surface area contributed by atoms with E-state index in [2.05, 4.69) is 6.58 Å². The molecule has 0 spiro atoms. The van der Waals surface area contributed by atoms with Crippen LogP contribution in [0.5, 0.6) is 5.75 Å². The lowest BCUT2D eigenvalue weighted by molar-refractivity contribution is 0.457. The normalized spacial score (nSPS) is 9.00. The van der Waals surface area contributed by atoms with Crippen LogP contribution in [0.3, 0.4) is 0 Å². The van der Waals surface area contributed by atoms with Gasteiger partial charge < -0.3 is 9.52 Å². The van der Waals surface area contributed by atoms with Crippen LogP contribution in [0.4, 0.5) is 0 Å². The van der Waals surface area contributed by atoms with Gasteiger partial charge in [0, 0.05) is 6.07 Å². The Bertz CT molecular complexity index is 188. The molecule has 0 unspecified atom stereocenters. The van der Waals surface area contributed by atoms with Gasteiger partial charge in [-0.25, -0.2) is 0 Å². The van der Waals surface area contributed by atoms with Crippen molar-refractivity contribution in [3.05, 3.63) is 24.7 Å². The number of rotatable bonds is 1. The summed E-state index contributed by atoms with van der Waals surface area (Å²) in [6, 6.07) is 1.49. The Morgan fingerprint density at radius 2 is 2.50 bits per heavy atom. The monoisotopic (exact) mass is 110 g/mol. The highest BCUT2D eigenvalue weighted by Crippen LogP contribution is 2.13. The SMILES string of the molecule is C=Cc1cc(O)co1. The van der Waals surface area contributed by atoms with Crippen molar-refractivity contribution in [1.29, 1.82) is 0 Å². The van der Waals surface area contributed by atoms with Crippen LogP contribution < -0.4 is 0 Å². The van der Waals surface area contributed by atoms with E-state index in [4.69, 9.17) is 9.52 Å². The van der Waals surface area contributed by atoms with Crippen molar-refractivity contribution in [2.24, 2.45) is 0 Å². The van der Waals surface area contributed by atoms with Crippen LogP contribution in [0, 0.1) is 0 Å². The minimum atomic E-state index is 0.139. The third kappa shape index (κ3) is 0.729. The number of hydrogen-bond acceptors (Lipinski definition) is 2. The molecule has 0 radical (unpaired) electrons. The molecule has 1 aromatic heterocycles. The van der Waals surface area contributed by atoms with Gasteiger partial charge in [-0.1, -0.05) is 6.58 Å². The second-order valence-electron chi connectivity index (χ2n) is 1.41. The van der Waals surface area contributed by atoms with Gasteiger partial charge in [-0.3, -0.25) is 0 Å². The molecule has 2 heteroatoms. The zero-order valence-corrected chi connectivity index (χ0v) is 4.29. The Hall–Kier alpha value is -1.18. The Kier molecular flexibility index (Phi) is 1.08. The third-order valence-electron chi connectivity index (χ3n) is 0.807. The van der Waals surface area contributed by atoms with Gasteiger partial charge in [0.2, 0.25) is 0 Å². The average molecular weight is 110 g/mol. The van der Waals surface area contributed by atoms with Crippen LogP contribution in [0.15, 0.2) is 23.3 Å². The predicted octanol–water partition coefficient (Wildman–Crippen LogP) is 1.63. The van der Waals surface area contributed by atoms with Crippen molar-refractivity contribution in [1.82, 2.24) is 0 Å². The molecule has 0 aromatic carbocycles. The standard InChI is InChI=1S/C6H6O2/c1-2-6-3-5(7)4-8-6/h2-4,7H,1H2. The smallest absolute Gasteiger partial charge is 0.154 e. The van der Waals surface area contributed by atoms with E-state index in [1.165, 1.54) is 18.4 Å². The first kappa shape index (κ1) is 4.97. The van der Waals surface area contributed by atoms with E-state index in [-0.39, 0.29) is 5.75 Å². The van der Waals surface area contributed by atoms with Gasteiger partial charge in [0.15, 0.2) is 5.75 Å². The lowest BCUT2D eigenvalue weighted by atomic mass is 10.4. The number of furan rings is 1. The molecular weight excluding hydrogens is 104 g/mol. The van der Waals surface area contributed by atoms with Gasteiger partial charge in [-0.2, -0.15) is 0 Å². The van der Waals surface area contributed by atoms with E-state index in [1.807, 2.05) is 0 Å². The maximum absolute atomic E-state index is 8.64. The van der Waals surface area contributed by atoms with E-state index >= 15 is 0 Å². The quantitative estimate of drug-likeness (QED) is 0.596. The van der Waals surface area contributed by atoms with E-state index in [0.29, 0.717) is 5.76 Å². The lowest BCUT2D eigenvalue weighted by Crippen LogP contribution is -1.52. The lowest BCUT2D eigenvalue weighted by Gasteiger charge is -1.72. The van der Waals surface area contributed by atoms with Crippen LogP contribution in [0.2, 0.25) is 0 Å². The summed E-state index contributed by atoms with van der Waals surface area (Å²) >= 11 is 0. The molecule has 0 bridgehead atoms. The van der Waals surface area contributed by atoms with Crippen LogP contribution in [0.1, 0.15) is 5.76 Å². The van der Waals surface area contributed by atoms with Crippen LogP contribution >= 0.6 is 0 Å². The molecule has 42 valence electrons. The fourth-order valence-corrected chi connectivity index (χ4v) is 0.449. The first-order valence-corrected chi connectivity index (χ1v) is 2.23. The molecule has 0 fully saturated rings. The Morgan fingerprint density at radius 3 is 2.75 bits per heavy atom. The van der Waals surface area contributed by atoms with Gasteiger partial charge >= 0.3 is 0 Å². The highest BCUT2D eigenvalue weighted by Gasteiger charge is 1.91. The van der Waals surface area contributed by atoms with Crippen LogP contribution in [0.25, 0.3) is 6.08 Å². The molecule has 1 heterocycles. The summed E-state index contributed by atoms with van der Waals surface area (Å²) in [5, 5.41) is 8.64. The second kappa shape index (κ2) is 1.74. The first-order chi connectivity index (χ1) is 3.83. The van der Waals surface area contributed by atoms with Crippen molar-refractivity contribution < 1.29 is 9.52 Å². The van der Waals surface area contributed by atoms with E-state index in [0.717, 1.165) is 0 Å². The summed E-state index contributed by atoms with van der Waals surface area (Å²) in [5.74, 6) is 0.724. The fraction of sp³-hybridized carbons (Fsp3) is 0. The van der Waals surface area contributed by atoms with Crippen LogP contribution in [-0.2, 0) is 0 Å². The molecule has 0 aliphatic heterocycles. The molecule has 0 aliphatic carbocycles. The Labute approximate surface area is 47.1 Å². The third-order valence-corrected chi connectivity index (χ3v) is 0.807. The van der Waals surface area contributed by atoms with Gasteiger partial charge in [0.25, 0.3) is 0 Å². The maximum Gasteiger partial charge on any atom is 0.154 e. The van der Waals surface area contributed by atoms with Crippen molar-refractivity contribution in [3.63, 3.8) is 0 Å². The molecule has 0 saturated heterocycles. The number of hydrogen-bond donors (Lipinski definition) is 1. The minimum absolute atomic E-state index is 0.139. The van der Waals surface area contributed by atoms with Gasteiger partial charge in [0.1, 0.15) is 12.0 Å². The summed E-state index contributed by atoms with van der Waals surface area (Å²) in [4.78, 5) is 0. The molecule has 8 heavy (non-hydrogen) atoms. The Balaban J connectivity index is 3.00. The maximum atomic E-state index is 8.64. The summed E-state index contributed by atoms with van der Waals surface area (Å²) in [6.45, 7) is 3.44. The molecule has 0 aliphatic rings. The molecule has 0 amide bonds. The predicted molar refractivity (Wildman–Crippen MR) is 30.5 cm³/mol. The fourth-order valence-electron chi connectivity index (χ4n) is 0.449. The second-order valence-corrected chi connectivity index (χ2v) is 1.41. The molecule has 0 atom stereocenters. The molecular formula is C6H6O2. The van der Waals surface area contributed by atoms with Crippen molar-refractivity contribution in [2.75, 3.05) is 0 Å². The summed E-state index contributed by atoms with van der Waals surface area (Å²) in [7, 11) is 0. The summed E-state index contributed by atoms with van der Waals surface area (Å²) in [5.41, 5.74) is 0. The largest absolute Gasteiger partial charge is 0.505 e. The van der Waals surface area contributed by atoms with Crippen molar-refractivity contribution >= 4 is 6.08 Å². The first-order valence-electron chi connectivity index (χ1n) is 2.23. The van der Waals surface area contributed by atoms with Crippen molar-refractivity contribution in [3.8, 4) is 5.75 Å². The highest BCUT2D eigenvalue weighted by atomic mass is 16.4. The van der Waals surface area contributed by atoms with Gasteiger partial charge in [0.05, 0.1) is 0 Å². The minimum Gasteiger partial charge on any atom is -0.505 e. The molecule has 1 N–H and O–H groups in total. The van der Waals surface area contributed by atoms with Gasteiger partial charge in [-0.15, -0.1) is 0 Å². The molecule has 2 nitrogen and oxygen atoms in total. The van der Waals surface area contributed by atoms with E-state index in [9.17, 15) is 0 Å². The highest BCUT2D eigenvalue weighted by molar-refractivity contribution is 5.41. The van der Waals surface area contributed by atoms with Crippen LogP contribution in [-0.4, -0.2) is 5.11 Å². The molecule has 1 rings (SSSR count). The average Bonchev–Trinajstić information content (AvgIpc) is 2.14. The molecule has 0 saturated carbocycles. The zero-order chi connectivity index (χ0) is 5.98. The summed E-state index contributed by atoms with van der Waals surface area (Å²) in [6.07, 6.45) is 2.79.